The van der Waals surface area contributed by atoms with E-state index in [9.17, 15) is 8.78 Å². The zero-order valence-corrected chi connectivity index (χ0v) is 16.7. The van der Waals surface area contributed by atoms with Crippen molar-refractivity contribution >= 4 is 35.6 Å². The van der Waals surface area contributed by atoms with Crippen molar-refractivity contribution in [2.45, 2.75) is 19.1 Å². The Labute approximate surface area is 164 Å². The van der Waals surface area contributed by atoms with Gasteiger partial charge in [0.2, 0.25) is 0 Å². The summed E-state index contributed by atoms with van der Waals surface area (Å²) in [5, 5.41) is 6.50. The van der Waals surface area contributed by atoms with Gasteiger partial charge in [0.15, 0.2) is 5.96 Å². The monoisotopic (exact) mass is 470 g/mol. The van der Waals surface area contributed by atoms with E-state index in [4.69, 9.17) is 4.74 Å². The molecular weight excluding hydrogens is 445 g/mol. The van der Waals surface area contributed by atoms with E-state index in [0.29, 0.717) is 31.3 Å². The summed E-state index contributed by atoms with van der Waals surface area (Å²) in [5.74, 6) is 0.909. The molecule has 1 heterocycles. The summed E-state index contributed by atoms with van der Waals surface area (Å²) in [5.41, 5.74) is 0.685. The number of anilines is 1. The van der Waals surface area contributed by atoms with E-state index in [-0.39, 0.29) is 35.8 Å². The number of aliphatic imine (C=N–C) groups is 1. The quantitative estimate of drug-likeness (QED) is 0.277. The van der Waals surface area contributed by atoms with Crippen LogP contribution in [-0.4, -0.2) is 59.0 Å². The third-order valence-corrected chi connectivity index (χ3v) is 3.77. The van der Waals surface area contributed by atoms with Gasteiger partial charge in [-0.25, -0.2) is 0 Å². The van der Waals surface area contributed by atoms with Crippen LogP contribution in [0.25, 0.3) is 0 Å². The van der Waals surface area contributed by atoms with Gasteiger partial charge in [-0.15, -0.1) is 24.0 Å². The summed E-state index contributed by atoms with van der Waals surface area (Å²) in [7, 11) is 3.35. The smallest absolute Gasteiger partial charge is 0.387 e. The number of ether oxygens (including phenoxy) is 2. The van der Waals surface area contributed by atoms with Gasteiger partial charge in [0, 0.05) is 39.8 Å². The molecule has 6 nitrogen and oxygen atoms in total. The zero-order valence-electron chi connectivity index (χ0n) is 14.4. The van der Waals surface area contributed by atoms with Crippen LogP contribution < -0.4 is 20.3 Å². The molecule has 1 atom stereocenters. The van der Waals surface area contributed by atoms with Crippen molar-refractivity contribution in [3.8, 4) is 5.75 Å². The number of nitrogens with one attached hydrogen (secondary N) is 2. The Hall–Kier alpha value is -1.36. The second kappa shape index (κ2) is 11.3. The first-order valence-electron chi connectivity index (χ1n) is 7.89. The summed E-state index contributed by atoms with van der Waals surface area (Å²) < 4.78 is 34.7. The van der Waals surface area contributed by atoms with Crippen LogP contribution in [0.2, 0.25) is 0 Å². The van der Waals surface area contributed by atoms with E-state index in [1.807, 2.05) is 11.0 Å². The highest BCUT2D eigenvalue weighted by molar-refractivity contribution is 14.0. The first-order chi connectivity index (χ1) is 11.6. The molecule has 0 aromatic heterocycles. The van der Waals surface area contributed by atoms with E-state index in [1.54, 1.807) is 32.4 Å². The molecule has 2 rings (SSSR count). The molecule has 1 aliphatic rings. The summed E-state index contributed by atoms with van der Waals surface area (Å²) >= 11 is 0. The fourth-order valence-corrected chi connectivity index (χ4v) is 2.67. The summed E-state index contributed by atoms with van der Waals surface area (Å²) in [6.07, 6.45) is 0.883. The molecule has 1 aromatic carbocycles. The van der Waals surface area contributed by atoms with Gasteiger partial charge < -0.3 is 25.0 Å². The fourth-order valence-electron chi connectivity index (χ4n) is 2.67. The summed E-state index contributed by atoms with van der Waals surface area (Å²) in [6, 6.07) is 7.05. The van der Waals surface area contributed by atoms with Gasteiger partial charge in [-0.3, -0.25) is 4.99 Å². The zero-order chi connectivity index (χ0) is 17.4. The SMILES string of the molecule is CN=C(NCCOC)NC1CCN(c2ccccc2OC(F)F)C1.I. The van der Waals surface area contributed by atoms with Crippen LogP contribution in [0.4, 0.5) is 14.5 Å². The molecule has 25 heavy (non-hydrogen) atoms. The third-order valence-electron chi connectivity index (χ3n) is 3.77. The molecule has 0 saturated carbocycles. The molecule has 9 heteroatoms. The number of hydrogen-bond donors (Lipinski definition) is 2. The number of guanidine groups is 1. The topological polar surface area (TPSA) is 58.1 Å². The third kappa shape index (κ3) is 6.81. The summed E-state index contributed by atoms with van der Waals surface area (Å²) in [6.45, 7) is -0.121. The predicted molar refractivity (Wildman–Crippen MR) is 105 cm³/mol. The van der Waals surface area contributed by atoms with Crippen LogP contribution >= 0.6 is 24.0 Å². The van der Waals surface area contributed by atoms with Gasteiger partial charge in [-0.1, -0.05) is 12.1 Å². The second-order valence-electron chi connectivity index (χ2n) is 5.41. The van der Waals surface area contributed by atoms with Gasteiger partial charge >= 0.3 is 6.61 Å². The number of rotatable bonds is 7. The second-order valence-corrected chi connectivity index (χ2v) is 5.41. The molecule has 1 saturated heterocycles. The number of methoxy groups -OCH3 is 1. The van der Waals surface area contributed by atoms with E-state index >= 15 is 0 Å². The normalized spacial score (nSPS) is 17.4. The van der Waals surface area contributed by atoms with Crippen LogP contribution in [0.15, 0.2) is 29.3 Å². The largest absolute Gasteiger partial charge is 0.433 e. The Kier molecular flexibility index (Phi) is 9.79. The maximum Gasteiger partial charge on any atom is 0.387 e. The molecule has 0 aliphatic carbocycles. The highest BCUT2D eigenvalue weighted by Gasteiger charge is 2.25. The van der Waals surface area contributed by atoms with Crippen LogP contribution in [0.5, 0.6) is 5.75 Å². The fraction of sp³-hybridized carbons (Fsp3) is 0.562. The van der Waals surface area contributed by atoms with Crippen molar-refractivity contribution < 1.29 is 18.3 Å². The van der Waals surface area contributed by atoms with Crippen molar-refractivity contribution in [2.75, 3.05) is 45.3 Å². The van der Waals surface area contributed by atoms with Gasteiger partial charge in [-0.2, -0.15) is 8.78 Å². The minimum atomic E-state index is -2.83. The molecule has 0 amide bonds. The number of hydrogen-bond acceptors (Lipinski definition) is 4. The Morgan fingerprint density at radius 2 is 2.16 bits per heavy atom. The van der Waals surface area contributed by atoms with E-state index in [0.717, 1.165) is 13.0 Å². The number of nitrogens with zero attached hydrogens (tertiary/aromatic N) is 2. The number of para-hydroxylation sites is 2. The Balaban J connectivity index is 0.00000312. The molecule has 1 aliphatic heterocycles. The van der Waals surface area contributed by atoms with Crippen molar-refractivity contribution in [1.29, 1.82) is 0 Å². The van der Waals surface area contributed by atoms with Crippen LogP contribution in [0.3, 0.4) is 0 Å². The highest BCUT2D eigenvalue weighted by atomic mass is 127. The number of benzene rings is 1. The number of alkyl halides is 2. The Bertz CT molecular complexity index is 549. The van der Waals surface area contributed by atoms with Gasteiger partial charge in [-0.05, 0) is 18.6 Å². The lowest BCUT2D eigenvalue weighted by Crippen LogP contribution is -2.45. The molecule has 1 fully saturated rings. The molecule has 1 aromatic rings. The maximum absolute atomic E-state index is 12.5. The van der Waals surface area contributed by atoms with Crippen LogP contribution in [-0.2, 0) is 4.74 Å². The van der Waals surface area contributed by atoms with Gasteiger partial charge in [0.25, 0.3) is 0 Å². The Morgan fingerprint density at radius 1 is 1.40 bits per heavy atom. The van der Waals surface area contributed by atoms with Crippen LogP contribution in [0, 0.1) is 0 Å². The van der Waals surface area contributed by atoms with Crippen LogP contribution in [0.1, 0.15) is 6.42 Å². The maximum atomic E-state index is 12.5. The molecule has 1 unspecified atom stereocenters. The lowest BCUT2D eigenvalue weighted by Gasteiger charge is -2.22. The molecule has 142 valence electrons. The lowest BCUT2D eigenvalue weighted by molar-refractivity contribution is -0.0495. The minimum Gasteiger partial charge on any atom is -0.433 e. The van der Waals surface area contributed by atoms with Crippen molar-refractivity contribution in [3.63, 3.8) is 0 Å². The van der Waals surface area contributed by atoms with E-state index in [1.165, 1.54) is 0 Å². The van der Waals surface area contributed by atoms with E-state index in [2.05, 4.69) is 20.4 Å². The van der Waals surface area contributed by atoms with Gasteiger partial charge in [0.1, 0.15) is 5.75 Å². The van der Waals surface area contributed by atoms with Crippen molar-refractivity contribution in [2.24, 2.45) is 4.99 Å². The molecular formula is C16H25F2IN4O2. The van der Waals surface area contributed by atoms with Crippen molar-refractivity contribution in [1.82, 2.24) is 10.6 Å². The lowest BCUT2D eigenvalue weighted by atomic mass is 10.2. The molecule has 0 bridgehead atoms. The van der Waals surface area contributed by atoms with Gasteiger partial charge in [0.05, 0.1) is 12.3 Å². The first-order valence-corrected chi connectivity index (χ1v) is 7.89. The molecule has 0 spiro atoms. The minimum absolute atomic E-state index is 0. The first kappa shape index (κ1) is 21.7. The Morgan fingerprint density at radius 3 is 2.84 bits per heavy atom. The highest BCUT2D eigenvalue weighted by Crippen LogP contribution is 2.31. The van der Waals surface area contributed by atoms with Crippen molar-refractivity contribution in [3.05, 3.63) is 24.3 Å². The van der Waals surface area contributed by atoms with E-state index < -0.39 is 6.61 Å². The molecule has 0 radical (unpaired) electrons. The average Bonchev–Trinajstić information content (AvgIpc) is 3.02. The number of halogens is 3. The standard InChI is InChI=1S/C16H24F2N4O2.HI/c1-19-16(20-8-10-23-2)21-12-7-9-22(11-12)13-5-3-4-6-14(13)24-15(17)18;/h3-6,12,15H,7-11H2,1-2H3,(H2,19,20,21);1H. The molecule has 2 N–H and O–H groups in total. The average molecular weight is 470 g/mol. The predicted octanol–water partition coefficient (Wildman–Crippen LogP) is 2.30. The summed E-state index contributed by atoms with van der Waals surface area (Å²) in [4.78, 5) is 6.21.